The summed E-state index contributed by atoms with van der Waals surface area (Å²) < 4.78 is 2.02. The molecule has 0 aliphatic rings. The Morgan fingerprint density at radius 3 is 2.32 bits per heavy atom. The first kappa shape index (κ1) is 16.8. The number of hydrogen-bond donors (Lipinski definition) is 1. The van der Waals surface area contributed by atoms with Gasteiger partial charge >= 0.3 is 0 Å². The number of benzene rings is 2. The van der Waals surface area contributed by atoms with Gasteiger partial charge in [-0.05, 0) is 11.6 Å². The van der Waals surface area contributed by atoms with Gasteiger partial charge in [-0.2, -0.15) is 0 Å². The summed E-state index contributed by atoms with van der Waals surface area (Å²) in [6.07, 6.45) is 0. The first-order valence-electron chi connectivity index (χ1n) is 8.12. The quantitative estimate of drug-likeness (QED) is 0.797. The van der Waals surface area contributed by atoms with Crippen LogP contribution in [0.4, 0.5) is 0 Å². The Morgan fingerprint density at radius 2 is 1.64 bits per heavy atom. The first-order chi connectivity index (χ1) is 12.0. The fourth-order valence-corrected chi connectivity index (χ4v) is 2.96. The van der Waals surface area contributed by atoms with Crippen molar-refractivity contribution in [2.45, 2.75) is 0 Å². The molecule has 2 amide bonds. The molecule has 2 aromatic carbocycles. The standard InChI is InChI=1S/C20H21N3O2/c1-22(2)17(24)13-21-20(25)18-15-11-7-8-12-16(15)23(3)19(18)14-9-5-4-6-10-14/h4-12H,13H2,1-3H3,(H,21,25). The Bertz CT molecular complexity index is 927. The van der Waals surface area contributed by atoms with Crippen molar-refractivity contribution in [2.24, 2.45) is 7.05 Å². The van der Waals surface area contributed by atoms with Crippen LogP contribution in [0.25, 0.3) is 22.2 Å². The van der Waals surface area contributed by atoms with Crippen molar-refractivity contribution in [3.63, 3.8) is 0 Å². The number of rotatable bonds is 4. The van der Waals surface area contributed by atoms with Crippen LogP contribution in [-0.2, 0) is 11.8 Å². The molecular weight excluding hydrogens is 314 g/mol. The number of nitrogens with one attached hydrogen (secondary N) is 1. The molecule has 0 unspecified atom stereocenters. The van der Waals surface area contributed by atoms with Gasteiger partial charge in [0.15, 0.2) is 0 Å². The van der Waals surface area contributed by atoms with Crippen LogP contribution in [0.15, 0.2) is 54.6 Å². The molecule has 0 saturated heterocycles. The second-order valence-electron chi connectivity index (χ2n) is 6.14. The van der Waals surface area contributed by atoms with E-state index in [1.165, 1.54) is 4.90 Å². The summed E-state index contributed by atoms with van der Waals surface area (Å²) in [4.78, 5) is 26.2. The summed E-state index contributed by atoms with van der Waals surface area (Å²) in [6, 6.07) is 17.6. The minimum absolute atomic E-state index is 0.0245. The molecule has 1 aromatic heterocycles. The van der Waals surface area contributed by atoms with Crippen LogP contribution in [0.5, 0.6) is 0 Å². The number of hydrogen-bond acceptors (Lipinski definition) is 2. The van der Waals surface area contributed by atoms with Crippen molar-refractivity contribution in [1.29, 1.82) is 0 Å². The Labute approximate surface area is 146 Å². The zero-order valence-electron chi connectivity index (χ0n) is 14.6. The lowest BCUT2D eigenvalue weighted by Crippen LogP contribution is -2.36. The van der Waals surface area contributed by atoms with Gasteiger partial charge in [-0.15, -0.1) is 0 Å². The lowest BCUT2D eigenvalue weighted by molar-refractivity contribution is -0.127. The van der Waals surface area contributed by atoms with Gasteiger partial charge in [-0.3, -0.25) is 9.59 Å². The van der Waals surface area contributed by atoms with E-state index in [0.717, 1.165) is 22.2 Å². The number of aryl methyl sites for hydroxylation is 1. The van der Waals surface area contributed by atoms with Crippen LogP contribution in [0, 0.1) is 0 Å². The maximum absolute atomic E-state index is 12.9. The van der Waals surface area contributed by atoms with Crippen molar-refractivity contribution in [3.8, 4) is 11.3 Å². The van der Waals surface area contributed by atoms with Crippen molar-refractivity contribution in [1.82, 2.24) is 14.8 Å². The highest BCUT2D eigenvalue weighted by atomic mass is 16.2. The topological polar surface area (TPSA) is 54.3 Å². The van der Waals surface area contributed by atoms with Gasteiger partial charge in [-0.25, -0.2) is 0 Å². The zero-order chi connectivity index (χ0) is 18.0. The van der Waals surface area contributed by atoms with Crippen LogP contribution in [0.2, 0.25) is 0 Å². The van der Waals surface area contributed by atoms with E-state index in [1.807, 2.05) is 66.2 Å². The fraction of sp³-hybridized carbons (Fsp3) is 0.200. The van der Waals surface area contributed by atoms with Crippen LogP contribution in [0.3, 0.4) is 0 Å². The molecule has 1 N–H and O–H groups in total. The molecule has 0 bridgehead atoms. The number of carbonyl (C=O) groups excluding carboxylic acids is 2. The Balaban J connectivity index is 2.10. The number of carbonyl (C=O) groups is 2. The summed E-state index contributed by atoms with van der Waals surface area (Å²) >= 11 is 0. The van der Waals surface area contributed by atoms with Gasteiger partial charge in [0.25, 0.3) is 5.91 Å². The monoisotopic (exact) mass is 335 g/mol. The highest BCUT2D eigenvalue weighted by molar-refractivity contribution is 6.13. The van der Waals surface area contributed by atoms with Gasteiger partial charge < -0.3 is 14.8 Å². The summed E-state index contributed by atoms with van der Waals surface area (Å²) in [5, 5.41) is 3.63. The summed E-state index contributed by atoms with van der Waals surface area (Å²) in [5.41, 5.74) is 3.38. The van der Waals surface area contributed by atoms with Crippen LogP contribution < -0.4 is 5.32 Å². The maximum atomic E-state index is 12.9. The van der Waals surface area contributed by atoms with Crippen LogP contribution in [0.1, 0.15) is 10.4 Å². The van der Waals surface area contributed by atoms with E-state index in [-0.39, 0.29) is 18.4 Å². The number of nitrogens with zero attached hydrogens (tertiary/aromatic N) is 2. The van der Waals surface area contributed by atoms with Crippen LogP contribution >= 0.6 is 0 Å². The smallest absolute Gasteiger partial charge is 0.254 e. The molecular formula is C20H21N3O2. The van der Waals surface area contributed by atoms with Crippen molar-refractivity contribution in [3.05, 3.63) is 60.2 Å². The summed E-state index contributed by atoms with van der Waals surface area (Å²) in [7, 11) is 5.29. The Morgan fingerprint density at radius 1 is 1.00 bits per heavy atom. The van der Waals surface area contributed by atoms with E-state index in [9.17, 15) is 9.59 Å². The van der Waals surface area contributed by atoms with E-state index < -0.39 is 0 Å². The average molecular weight is 335 g/mol. The third kappa shape index (κ3) is 3.13. The predicted octanol–water partition coefficient (Wildman–Crippen LogP) is 2.66. The van der Waals surface area contributed by atoms with E-state index in [1.54, 1.807) is 14.1 Å². The molecule has 0 atom stereocenters. The number of para-hydroxylation sites is 1. The molecule has 128 valence electrons. The molecule has 25 heavy (non-hydrogen) atoms. The number of aromatic nitrogens is 1. The molecule has 3 aromatic rings. The largest absolute Gasteiger partial charge is 0.347 e. The highest BCUT2D eigenvalue weighted by Gasteiger charge is 2.22. The number of likely N-dealkylation sites (N-methyl/N-ethyl adjacent to an activating group) is 1. The van der Waals surface area contributed by atoms with Crippen molar-refractivity contribution in [2.75, 3.05) is 20.6 Å². The molecule has 0 radical (unpaired) electrons. The number of fused-ring (bicyclic) bond motifs is 1. The summed E-state index contributed by atoms with van der Waals surface area (Å²) in [6.45, 7) is -0.0245. The fourth-order valence-electron chi connectivity index (χ4n) is 2.96. The third-order valence-electron chi connectivity index (χ3n) is 4.28. The van der Waals surface area contributed by atoms with E-state index in [0.29, 0.717) is 5.56 Å². The number of amides is 2. The highest BCUT2D eigenvalue weighted by Crippen LogP contribution is 2.32. The van der Waals surface area contributed by atoms with E-state index >= 15 is 0 Å². The van der Waals surface area contributed by atoms with Gasteiger partial charge in [0.2, 0.25) is 5.91 Å². The SMILES string of the molecule is CN(C)C(=O)CNC(=O)c1c(-c2ccccc2)n(C)c2ccccc12. The summed E-state index contributed by atoms with van der Waals surface area (Å²) in [5.74, 6) is -0.388. The van der Waals surface area contributed by atoms with Gasteiger partial charge in [-0.1, -0.05) is 48.5 Å². The Kier molecular flexibility index (Phi) is 4.57. The minimum Gasteiger partial charge on any atom is -0.347 e. The van der Waals surface area contributed by atoms with Crippen molar-refractivity contribution < 1.29 is 9.59 Å². The van der Waals surface area contributed by atoms with Gasteiger partial charge in [0.1, 0.15) is 0 Å². The predicted molar refractivity (Wildman–Crippen MR) is 99.4 cm³/mol. The second-order valence-corrected chi connectivity index (χ2v) is 6.14. The molecule has 5 nitrogen and oxygen atoms in total. The molecule has 0 aliphatic heterocycles. The molecule has 0 aliphatic carbocycles. The second kappa shape index (κ2) is 6.81. The van der Waals surface area contributed by atoms with Gasteiger partial charge in [0, 0.05) is 32.0 Å². The molecule has 0 fully saturated rings. The molecule has 5 heteroatoms. The van der Waals surface area contributed by atoms with E-state index in [2.05, 4.69) is 5.32 Å². The van der Waals surface area contributed by atoms with Crippen LogP contribution in [-0.4, -0.2) is 41.9 Å². The molecule has 0 spiro atoms. The lowest BCUT2D eigenvalue weighted by Gasteiger charge is -2.12. The normalized spacial score (nSPS) is 10.7. The lowest BCUT2D eigenvalue weighted by atomic mass is 10.0. The van der Waals surface area contributed by atoms with Crippen molar-refractivity contribution >= 4 is 22.7 Å². The first-order valence-corrected chi connectivity index (χ1v) is 8.12. The van der Waals surface area contributed by atoms with E-state index in [4.69, 9.17) is 0 Å². The molecule has 0 saturated carbocycles. The minimum atomic E-state index is -0.245. The maximum Gasteiger partial charge on any atom is 0.254 e. The molecule has 1 heterocycles. The zero-order valence-corrected chi connectivity index (χ0v) is 14.6. The third-order valence-corrected chi connectivity index (χ3v) is 4.28. The van der Waals surface area contributed by atoms with Gasteiger partial charge in [0.05, 0.1) is 17.8 Å². The average Bonchev–Trinajstić information content (AvgIpc) is 2.93. The molecule has 3 rings (SSSR count). The Hall–Kier alpha value is -3.08.